The molecule has 2 N–H and O–H groups in total. The van der Waals surface area contributed by atoms with Gasteiger partial charge in [-0.3, -0.25) is 14.3 Å². The highest BCUT2D eigenvalue weighted by atomic mass is 15.3. The van der Waals surface area contributed by atoms with Crippen molar-refractivity contribution in [2.45, 2.75) is 26.4 Å². The molecule has 1 atom stereocenters. The molecule has 27 heavy (non-hydrogen) atoms. The Morgan fingerprint density at radius 3 is 2.59 bits per heavy atom. The SMILES string of the molecule is C=CCN(CC=C)C(CNC(=NC)NCc1nnc2ccccn12)C(C)C. The first-order chi connectivity index (χ1) is 13.1. The van der Waals surface area contributed by atoms with Gasteiger partial charge in [-0.1, -0.05) is 32.1 Å². The van der Waals surface area contributed by atoms with Crippen LogP contribution in [0.3, 0.4) is 0 Å². The molecule has 1 unspecified atom stereocenters. The third-order valence-electron chi connectivity index (χ3n) is 4.47. The number of fused-ring (bicyclic) bond motifs is 1. The van der Waals surface area contributed by atoms with E-state index in [0.29, 0.717) is 18.5 Å². The van der Waals surface area contributed by atoms with Gasteiger partial charge in [0.2, 0.25) is 0 Å². The Morgan fingerprint density at radius 2 is 1.96 bits per heavy atom. The van der Waals surface area contributed by atoms with Crippen LogP contribution in [0, 0.1) is 5.92 Å². The average molecular weight is 370 g/mol. The molecule has 0 bridgehead atoms. The molecule has 0 amide bonds. The number of pyridine rings is 1. The molecule has 0 aliphatic rings. The first kappa shape index (κ1) is 20.6. The van der Waals surface area contributed by atoms with Crippen LogP contribution < -0.4 is 10.6 Å². The number of aromatic nitrogens is 3. The third-order valence-corrected chi connectivity index (χ3v) is 4.47. The molecular weight excluding hydrogens is 338 g/mol. The highest BCUT2D eigenvalue weighted by molar-refractivity contribution is 5.79. The van der Waals surface area contributed by atoms with Gasteiger partial charge in [-0.25, -0.2) is 0 Å². The Balaban J connectivity index is 1.96. The summed E-state index contributed by atoms with van der Waals surface area (Å²) in [5, 5.41) is 15.2. The molecule has 0 aliphatic heterocycles. The van der Waals surface area contributed by atoms with E-state index in [9.17, 15) is 0 Å². The van der Waals surface area contributed by atoms with Crippen LogP contribution >= 0.6 is 0 Å². The second-order valence-electron chi connectivity index (χ2n) is 6.69. The lowest BCUT2D eigenvalue weighted by molar-refractivity contribution is 0.190. The van der Waals surface area contributed by atoms with Gasteiger partial charge < -0.3 is 10.6 Å². The van der Waals surface area contributed by atoms with E-state index in [-0.39, 0.29) is 0 Å². The van der Waals surface area contributed by atoms with Gasteiger partial charge in [0, 0.05) is 38.9 Å². The summed E-state index contributed by atoms with van der Waals surface area (Å²) >= 11 is 0. The molecule has 0 aromatic carbocycles. The van der Waals surface area contributed by atoms with Gasteiger partial charge >= 0.3 is 0 Å². The number of hydrogen-bond acceptors (Lipinski definition) is 4. The van der Waals surface area contributed by atoms with E-state index < -0.39 is 0 Å². The van der Waals surface area contributed by atoms with Crippen molar-refractivity contribution in [1.29, 1.82) is 0 Å². The maximum absolute atomic E-state index is 4.33. The minimum absolute atomic E-state index is 0.341. The molecule has 2 heterocycles. The van der Waals surface area contributed by atoms with Crippen molar-refractivity contribution < 1.29 is 0 Å². The number of guanidine groups is 1. The summed E-state index contributed by atoms with van der Waals surface area (Å²) in [6.45, 7) is 15.2. The van der Waals surface area contributed by atoms with E-state index in [1.165, 1.54) is 0 Å². The third kappa shape index (κ3) is 5.65. The number of nitrogens with one attached hydrogen (secondary N) is 2. The summed E-state index contributed by atoms with van der Waals surface area (Å²) < 4.78 is 1.97. The van der Waals surface area contributed by atoms with Crippen molar-refractivity contribution >= 4 is 11.6 Å². The maximum Gasteiger partial charge on any atom is 0.191 e. The zero-order valence-electron chi connectivity index (χ0n) is 16.6. The van der Waals surface area contributed by atoms with Crippen LogP contribution in [-0.2, 0) is 6.54 Å². The molecule has 7 nitrogen and oxygen atoms in total. The minimum atomic E-state index is 0.341. The summed E-state index contributed by atoms with van der Waals surface area (Å²) in [5.41, 5.74) is 0.835. The topological polar surface area (TPSA) is 69.8 Å². The van der Waals surface area contributed by atoms with Crippen molar-refractivity contribution in [2.75, 3.05) is 26.7 Å². The Hall–Kier alpha value is -2.67. The molecule has 0 radical (unpaired) electrons. The predicted octanol–water partition coefficient (Wildman–Crippen LogP) is 2.09. The number of nitrogens with zero attached hydrogens (tertiary/aromatic N) is 5. The molecule has 146 valence electrons. The van der Waals surface area contributed by atoms with E-state index in [0.717, 1.165) is 37.1 Å². The van der Waals surface area contributed by atoms with Crippen molar-refractivity contribution in [2.24, 2.45) is 10.9 Å². The lowest BCUT2D eigenvalue weighted by atomic mass is 10.0. The van der Waals surface area contributed by atoms with Gasteiger partial charge in [-0.05, 0) is 18.1 Å². The van der Waals surface area contributed by atoms with Crippen LogP contribution in [-0.4, -0.2) is 58.2 Å². The highest BCUT2D eigenvalue weighted by Gasteiger charge is 2.20. The standard InChI is InChI=1S/C20H31N7/c1-6-11-26(12-7-2)17(16(3)4)14-22-20(21-5)23-15-19-25-24-18-10-8-9-13-27(18)19/h6-10,13,16-17H,1-2,11-12,14-15H2,3-5H3,(H2,21,22,23). The molecule has 7 heteroatoms. The van der Waals surface area contributed by atoms with Crippen LogP contribution in [0.4, 0.5) is 0 Å². The second kappa shape index (κ2) is 10.5. The zero-order valence-corrected chi connectivity index (χ0v) is 16.6. The van der Waals surface area contributed by atoms with Gasteiger partial charge in [-0.15, -0.1) is 23.4 Å². The van der Waals surface area contributed by atoms with Gasteiger partial charge in [0.05, 0.1) is 6.54 Å². The van der Waals surface area contributed by atoms with Crippen LogP contribution in [0.15, 0.2) is 54.7 Å². The number of rotatable bonds is 10. The second-order valence-corrected chi connectivity index (χ2v) is 6.69. The van der Waals surface area contributed by atoms with Gasteiger partial charge in [-0.2, -0.15) is 0 Å². The summed E-state index contributed by atoms with van der Waals surface area (Å²) in [4.78, 5) is 6.69. The quantitative estimate of drug-likeness (QED) is 0.381. The summed E-state index contributed by atoms with van der Waals surface area (Å²) in [5.74, 6) is 2.07. The molecule has 0 fully saturated rings. The van der Waals surface area contributed by atoms with Crippen molar-refractivity contribution in [1.82, 2.24) is 30.1 Å². The summed E-state index contributed by atoms with van der Waals surface area (Å²) in [6.07, 6.45) is 5.82. The normalized spacial score (nSPS) is 13.1. The van der Waals surface area contributed by atoms with Crippen LogP contribution in [0.25, 0.3) is 5.65 Å². The van der Waals surface area contributed by atoms with E-state index in [1.807, 2.05) is 40.9 Å². The van der Waals surface area contributed by atoms with Crippen molar-refractivity contribution in [3.63, 3.8) is 0 Å². The minimum Gasteiger partial charge on any atom is -0.355 e. The number of hydrogen-bond donors (Lipinski definition) is 2. The lowest BCUT2D eigenvalue weighted by Gasteiger charge is -2.33. The van der Waals surface area contributed by atoms with E-state index >= 15 is 0 Å². The molecule has 2 rings (SSSR count). The van der Waals surface area contributed by atoms with Crippen LogP contribution in [0.1, 0.15) is 19.7 Å². The predicted molar refractivity (Wildman–Crippen MR) is 112 cm³/mol. The smallest absolute Gasteiger partial charge is 0.191 e. The fraction of sp³-hybridized carbons (Fsp3) is 0.450. The molecule has 2 aromatic rings. The molecule has 2 aromatic heterocycles. The Labute approximate surface area is 161 Å². The monoisotopic (exact) mass is 369 g/mol. The molecule has 0 saturated carbocycles. The van der Waals surface area contributed by atoms with Crippen molar-refractivity contribution in [3.05, 3.63) is 55.5 Å². The van der Waals surface area contributed by atoms with Gasteiger partial charge in [0.1, 0.15) is 0 Å². The fourth-order valence-corrected chi connectivity index (χ4v) is 3.06. The first-order valence-electron chi connectivity index (χ1n) is 9.29. The van der Waals surface area contributed by atoms with Gasteiger partial charge in [0.15, 0.2) is 17.4 Å². The molecule has 0 spiro atoms. The Morgan fingerprint density at radius 1 is 1.22 bits per heavy atom. The number of aliphatic imine (C=N–C) groups is 1. The lowest BCUT2D eigenvalue weighted by Crippen LogP contribution is -2.49. The molecular formula is C20H31N7. The summed E-state index contributed by atoms with van der Waals surface area (Å²) in [6, 6.07) is 6.19. The Kier molecular flexibility index (Phi) is 8.00. The largest absolute Gasteiger partial charge is 0.355 e. The highest BCUT2D eigenvalue weighted by Crippen LogP contribution is 2.10. The Bertz CT molecular complexity index is 753. The fourth-order valence-electron chi connectivity index (χ4n) is 3.06. The molecule has 0 aliphatic carbocycles. The van der Waals surface area contributed by atoms with Crippen LogP contribution in [0.2, 0.25) is 0 Å². The van der Waals surface area contributed by atoms with E-state index in [4.69, 9.17) is 0 Å². The van der Waals surface area contributed by atoms with Crippen molar-refractivity contribution in [3.8, 4) is 0 Å². The van der Waals surface area contributed by atoms with E-state index in [1.54, 1.807) is 7.05 Å². The van der Waals surface area contributed by atoms with Crippen LogP contribution in [0.5, 0.6) is 0 Å². The average Bonchev–Trinajstić information content (AvgIpc) is 3.07. The maximum atomic E-state index is 4.33. The first-order valence-corrected chi connectivity index (χ1v) is 9.29. The molecule has 0 saturated heterocycles. The summed E-state index contributed by atoms with van der Waals surface area (Å²) in [7, 11) is 1.77. The van der Waals surface area contributed by atoms with E-state index in [2.05, 4.69) is 57.7 Å². The van der Waals surface area contributed by atoms with Gasteiger partial charge in [0.25, 0.3) is 0 Å². The zero-order chi connectivity index (χ0) is 19.6.